The number of nitrogens with two attached hydrogens (primary N) is 1. The van der Waals surface area contributed by atoms with E-state index in [1.165, 1.54) is 32.1 Å². The third-order valence-electron chi connectivity index (χ3n) is 7.14. The Labute approximate surface area is 160 Å². The number of likely N-dealkylation sites (tertiary alicyclic amines) is 1. The van der Waals surface area contributed by atoms with Crippen LogP contribution in [0.2, 0.25) is 0 Å². The van der Waals surface area contributed by atoms with Crippen molar-refractivity contribution in [1.29, 1.82) is 0 Å². The summed E-state index contributed by atoms with van der Waals surface area (Å²) in [6.45, 7) is 7.77. The van der Waals surface area contributed by atoms with Crippen molar-refractivity contribution < 1.29 is 9.90 Å². The Morgan fingerprint density at radius 1 is 1.30 bits per heavy atom. The molecule has 0 aromatic carbocycles. The van der Waals surface area contributed by atoms with Crippen LogP contribution >= 0.6 is 0 Å². The van der Waals surface area contributed by atoms with E-state index in [1.807, 2.05) is 0 Å². The number of anilines is 2. The molecule has 1 amide bonds. The normalized spacial score (nSPS) is 30.9. The molecular weight excluding hydrogens is 342 g/mol. The summed E-state index contributed by atoms with van der Waals surface area (Å²) in [6, 6.07) is 2.28. The van der Waals surface area contributed by atoms with Crippen molar-refractivity contribution in [2.24, 2.45) is 16.7 Å². The number of nitrogen functional groups attached to an aromatic ring is 1. The van der Waals surface area contributed by atoms with E-state index in [1.54, 1.807) is 4.90 Å². The van der Waals surface area contributed by atoms with E-state index in [2.05, 4.69) is 42.1 Å². The maximum atomic E-state index is 11.4. The number of piperidine rings is 1. The molecule has 7 nitrogen and oxygen atoms in total. The standard InChI is InChI=1S/C20H31N5O2/c1-19(2,3)20-11-25(18(26)27)10-13(20)16(20)23-15-9-14(22-17(21)24-15)12-7-5-4-6-8-12/h9,12-13,16H,4-8,10-11H2,1-3H3,(H,26,27)(H3,21,22,23,24)/t13-,16-,20-/m0/s1. The Bertz CT molecular complexity index is 740. The highest BCUT2D eigenvalue weighted by Crippen LogP contribution is 2.67. The van der Waals surface area contributed by atoms with Gasteiger partial charge in [-0.25, -0.2) is 9.78 Å². The lowest BCUT2D eigenvalue weighted by atomic mass is 9.76. The highest BCUT2D eigenvalue weighted by atomic mass is 16.4. The van der Waals surface area contributed by atoms with Crippen LogP contribution in [0.15, 0.2) is 6.07 Å². The molecule has 2 saturated carbocycles. The summed E-state index contributed by atoms with van der Waals surface area (Å²) in [6.07, 6.45) is 5.32. The van der Waals surface area contributed by atoms with Gasteiger partial charge in [0.1, 0.15) is 5.82 Å². The number of carbonyl (C=O) groups is 1. The lowest BCUT2D eigenvalue weighted by molar-refractivity contribution is 0.131. The van der Waals surface area contributed by atoms with E-state index in [0.29, 0.717) is 30.9 Å². The van der Waals surface area contributed by atoms with Crippen molar-refractivity contribution >= 4 is 17.9 Å². The molecule has 3 fully saturated rings. The molecule has 1 aromatic heterocycles. The summed E-state index contributed by atoms with van der Waals surface area (Å²) in [4.78, 5) is 21.9. The van der Waals surface area contributed by atoms with Gasteiger partial charge >= 0.3 is 6.09 Å². The lowest BCUT2D eigenvalue weighted by Crippen LogP contribution is -2.40. The van der Waals surface area contributed by atoms with Crippen LogP contribution in [0.25, 0.3) is 0 Å². The number of nitrogens with zero attached hydrogens (tertiary/aromatic N) is 3. The van der Waals surface area contributed by atoms with Gasteiger partial charge in [0.05, 0.1) is 5.69 Å². The summed E-state index contributed by atoms with van der Waals surface area (Å²) < 4.78 is 0. The molecule has 4 rings (SSSR count). The highest BCUT2D eigenvalue weighted by molar-refractivity contribution is 5.67. The number of hydrogen-bond acceptors (Lipinski definition) is 5. The van der Waals surface area contributed by atoms with Crippen molar-refractivity contribution in [2.45, 2.75) is 64.8 Å². The second-order valence-corrected chi connectivity index (χ2v) is 9.55. The van der Waals surface area contributed by atoms with Gasteiger partial charge < -0.3 is 21.1 Å². The second-order valence-electron chi connectivity index (χ2n) is 9.55. The molecule has 27 heavy (non-hydrogen) atoms. The number of carboxylic acid groups (broad SMARTS) is 1. The Kier molecular flexibility index (Phi) is 4.24. The molecule has 1 aliphatic heterocycles. The van der Waals surface area contributed by atoms with Gasteiger partial charge in [0.15, 0.2) is 0 Å². The zero-order valence-electron chi connectivity index (χ0n) is 16.5. The van der Waals surface area contributed by atoms with Gasteiger partial charge in [-0.2, -0.15) is 4.98 Å². The van der Waals surface area contributed by atoms with Crippen LogP contribution in [0.4, 0.5) is 16.6 Å². The predicted octanol–water partition coefficient (Wildman–Crippen LogP) is 3.54. The van der Waals surface area contributed by atoms with Crippen LogP contribution < -0.4 is 11.1 Å². The van der Waals surface area contributed by atoms with E-state index < -0.39 is 6.09 Å². The molecular formula is C20H31N5O2. The molecule has 3 atom stereocenters. The molecule has 7 heteroatoms. The number of amides is 1. The molecule has 3 aliphatic rings. The molecule has 1 saturated heterocycles. The van der Waals surface area contributed by atoms with Crippen LogP contribution in [0, 0.1) is 16.7 Å². The van der Waals surface area contributed by atoms with E-state index in [4.69, 9.17) is 5.73 Å². The molecule has 0 bridgehead atoms. The van der Waals surface area contributed by atoms with Crippen LogP contribution in [-0.4, -0.2) is 45.2 Å². The van der Waals surface area contributed by atoms with Crippen molar-refractivity contribution in [1.82, 2.24) is 14.9 Å². The summed E-state index contributed by atoms with van der Waals surface area (Å²) in [5.41, 5.74) is 7.00. The SMILES string of the molecule is CC(C)(C)[C@@]12CN(C(=O)O)C[C@H]1[C@@H]2Nc1cc(C2CCCCC2)nc(N)n1. The summed E-state index contributed by atoms with van der Waals surface area (Å²) >= 11 is 0. The van der Waals surface area contributed by atoms with Gasteiger partial charge in [-0.05, 0) is 18.3 Å². The van der Waals surface area contributed by atoms with E-state index in [-0.39, 0.29) is 16.9 Å². The summed E-state index contributed by atoms with van der Waals surface area (Å²) in [5.74, 6) is 1.89. The molecule has 0 spiro atoms. The second kappa shape index (κ2) is 6.24. The number of hydrogen-bond donors (Lipinski definition) is 3. The van der Waals surface area contributed by atoms with Gasteiger partial charge in [-0.15, -0.1) is 0 Å². The number of fused-ring (bicyclic) bond motifs is 1. The molecule has 1 aromatic rings. The number of rotatable bonds is 3. The zero-order chi connectivity index (χ0) is 19.4. The largest absolute Gasteiger partial charge is 0.465 e. The topological polar surface area (TPSA) is 104 Å². The third kappa shape index (κ3) is 3.01. The van der Waals surface area contributed by atoms with Crippen LogP contribution in [0.5, 0.6) is 0 Å². The fraction of sp³-hybridized carbons (Fsp3) is 0.750. The van der Waals surface area contributed by atoms with Gasteiger partial charge in [0.25, 0.3) is 0 Å². The smallest absolute Gasteiger partial charge is 0.407 e. The Hall–Kier alpha value is -2.05. The first-order valence-electron chi connectivity index (χ1n) is 10.1. The minimum absolute atomic E-state index is 0.00427. The van der Waals surface area contributed by atoms with E-state index in [9.17, 15) is 9.90 Å². The Morgan fingerprint density at radius 3 is 2.59 bits per heavy atom. The maximum absolute atomic E-state index is 11.4. The fourth-order valence-corrected chi connectivity index (χ4v) is 5.58. The quantitative estimate of drug-likeness (QED) is 0.748. The van der Waals surface area contributed by atoms with Crippen molar-refractivity contribution in [3.63, 3.8) is 0 Å². The van der Waals surface area contributed by atoms with Crippen LogP contribution in [-0.2, 0) is 0 Å². The molecule has 0 unspecified atom stereocenters. The number of nitrogens with one attached hydrogen (secondary N) is 1. The molecule has 148 valence electrons. The first-order valence-corrected chi connectivity index (χ1v) is 10.1. The van der Waals surface area contributed by atoms with E-state index >= 15 is 0 Å². The number of aromatic nitrogens is 2. The Morgan fingerprint density at radius 2 is 2.00 bits per heavy atom. The average molecular weight is 374 g/mol. The average Bonchev–Trinajstić information content (AvgIpc) is 3.01. The Balaban J connectivity index is 1.54. The molecule has 4 N–H and O–H groups in total. The lowest BCUT2D eigenvalue weighted by Gasteiger charge is -2.33. The first kappa shape index (κ1) is 18.3. The fourth-order valence-electron chi connectivity index (χ4n) is 5.58. The molecule has 2 heterocycles. The van der Waals surface area contributed by atoms with Crippen molar-refractivity contribution in [3.8, 4) is 0 Å². The monoisotopic (exact) mass is 373 g/mol. The van der Waals surface area contributed by atoms with E-state index in [0.717, 1.165) is 11.5 Å². The minimum Gasteiger partial charge on any atom is -0.465 e. The van der Waals surface area contributed by atoms with Gasteiger partial charge in [-0.3, -0.25) is 0 Å². The predicted molar refractivity (Wildman–Crippen MR) is 105 cm³/mol. The first-order chi connectivity index (χ1) is 12.7. The summed E-state index contributed by atoms with van der Waals surface area (Å²) in [5, 5.41) is 13.0. The molecule has 0 radical (unpaired) electrons. The van der Waals surface area contributed by atoms with Gasteiger partial charge in [0, 0.05) is 42.4 Å². The van der Waals surface area contributed by atoms with Gasteiger partial charge in [0.2, 0.25) is 5.95 Å². The zero-order valence-corrected chi connectivity index (χ0v) is 16.5. The third-order valence-corrected chi connectivity index (χ3v) is 7.14. The van der Waals surface area contributed by atoms with Crippen LogP contribution in [0.3, 0.4) is 0 Å². The molecule has 2 aliphatic carbocycles. The van der Waals surface area contributed by atoms with Crippen molar-refractivity contribution in [2.75, 3.05) is 24.1 Å². The minimum atomic E-state index is -0.824. The van der Waals surface area contributed by atoms with Gasteiger partial charge in [-0.1, -0.05) is 40.0 Å². The van der Waals surface area contributed by atoms with Crippen LogP contribution in [0.1, 0.15) is 64.5 Å². The summed E-state index contributed by atoms with van der Waals surface area (Å²) in [7, 11) is 0. The highest BCUT2D eigenvalue weighted by Gasteiger charge is 2.74. The maximum Gasteiger partial charge on any atom is 0.407 e. The van der Waals surface area contributed by atoms with Crippen molar-refractivity contribution in [3.05, 3.63) is 11.8 Å².